The molecule has 10 heteroatoms. The van der Waals surface area contributed by atoms with Crippen LogP contribution in [0.3, 0.4) is 0 Å². The predicted molar refractivity (Wildman–Crippen MR) is 170 cm³/mol. The number of carbonyl (C=O) groups excluding carboxylic acids is 2. The Bertz CT molecular complexity index is 1590. The monoisotopic (exact) mass is 652 g/mol. The molecule has 5 aliphatic rings. The SMILES string of the molecule is CCCCCN(C(=O)C=Cc1cccc(C(F)(F)F)c1)[C@@H]1CC[C@@]2(O)[C@H]3Cc4ccc(OC(C)=O)c5c4[C@@]2(CCN3CC2CC2)[C@H]1O5. The van der Waals surface area contributed by atoms with E-state index in [-0.39, 0.29) is 17.5 Å². The van der Waals surface area contributed by atoms with E-state index in [1.165, 1.54) is 38.0 Å². The summed E-state index contributed by atoms with van der Waals surface area (Å²) in [6, 6.07) is 8.24. The molecule has 3 aliphatic carbocycles. The smallest absolute Gasteiger partial charge is 0.416 e. The molecule has 2 aromatic rings. The average Bonchev–Trinajstić information content (AvgIpc) is 3.77. The van der Waals surface area contributed by atoms with Crippen LogP contribution in [0.2, 0.25) is 0 Å². The number of hydrogen-bond acceptors (Lipinski definition) is 6. The third-order valence-corrected chi connectivity index (χ3v) is 11.3. The highest BCUT2D eigenvalue weighted by Crippen LogP contribution is 2.66. The van der Waals surface area contributed by atoms with Gasteiger partial charge in [0.25, 0.3) is 0 Å². The summed E-state index contributed by atoms with van der Waals surface area (Å²) in [5.74, 6) is 0.714. The first kappa shape index (κ1) is 32.2. The van der Waals surface area contributed by atoms with Crippen molar-refractivity contribution in [2.45, 2.75) is 107 Å². The second-order valence-electron chi connectivity index (χ2n) is 14.2. The molecule has 0 radical (unpaired) electrons. The van der Waals surface area contributed by atoms with Gasteiger partial charge in [-0.3, -0.25) is 14.5 Å². The highest BCUT2D eigenvalue weighted by Gasteiger charge is 2.73. The zero-order chi connectivity index (χ0) is 33.1. The van der Waals surface area contributed by atoms with Crippen molar-refractivity contribution >= 4 is 18.0 Å². The van der Waals surface area contributed by atoms with E-state index >= 15 is 0 Å². The Kier molecular flexibility index (Phi) is 8.18. The van der Waals surface area contributed by atoms with Crippen LogP contribution in [0, 0.1) is 5.92 Å². The minimum absolute atomic E-state index is 0.0908. The van der Waals surface area contributed by atoms with Crippen LogP contribution in [0.15, 0.2) is 42.5 Å². The van der Waals surface area contributed by atoms with Crippen LogP contribution >= 0.6 is 0 Å². The fourth-order valence-corrected chi connectivity index (χ4v) is 9.05. The van der Waals surface area contributed by atoms with Gasteiger partial charge in [0.15, 0.2) is 11.5 Å². The molecule has 2 aliphatic heterocycles. The molecule has 2 heterocycles. The minimum Gasteiger partial charge on any atom is -0.483 e. The number of likely N-dealkylation sites (tertiary alicyclic amines) is 1. The molecular weight excluding hydrogens is 609 g/mol. The summed E-state index contributed by atoms with van der Waals surface area (Å²) in [4.78, 5) is 30.5. The minimum atomic E-state index is -4.48. The molecular formula is C37H43F3N2O5. The number of halogens is 3. The van der Waals surface area contributed by atoms with Crippen LogP contribution < -0.4 is 9.47 Å². The first-order valence-electron chi connectivity index (χ1n) is 17.1. The Labute approximate surface area is 273 Å². The van der Waals surface area contributed by atoms with Gasteiger partial charge in [0, 0.05) is 37.7 Å². The van der Waals surface area contributed by atoms with E-state index < -0.39 is 40.9 Å². The second kappa shape index (κ2) is 11.9. The molecule has 5 atom stereocenters. The Hall–Kier alpha value is -3.37. The van der Waals surface area contributed by atoms with Gasteiger partial charge in [0.05, 0.1) is 22.6 Å². The van der Waals surface area contributed by atoms with Gasteiger partial charge in [0.2, 0.25) is 5.91 Å². The first-order valence-corrected chi connectivity index (χ1v) is 17.1. The molecule has 2 aromatic carbocycles. The Morgan fingerprint density at radius 3 is 2.68 bits per heavy atom. The van der Waals surface area contributed by atoms with Gasteiger partial charge in [-0.05, 0) is 92.8 Å². The molecule has 0 unspecified atom stereocenters. The lowest BCUT2D eigenvalue weighted by molar-refractivity contribution is -0.201. The van der Waals surface area contributed by atoms with Crippen molar-refractivity contribution in [2.75, 3.05) is 19.6 Å². The van der Waals surface area contributed by atoms with Crippen molar-refractivity contribution in [2.24, 2.45) is 5.92 Å². The topological polar surface area (TPSA) is 79.3 Å². The largest absolute Gasteiger partial charge is 0.483 e. The molecule has 2 saturated carbocycles. The molecule has 1 spiro atoms. The summed E-state index contributed by atoms with van der Waals surface area (Å²) in [6.45, 7) is 5.66. The van der Waals surface area contributed by atoms with E-state index in [4.69, 9.17) is 9.47 Å². The Balaban J connectivity index is 1.27. The Morgan fingerprint density at radius 2 is 1.96 bits per heavy atom. The van der Waals surface area contributed by atoms with Gasteiger partial charge >= 0.3 is 12.1 Å². The first-order chi connectivity index (χ1) is 22.5. The summed E-state index contributed by atoms with van der Waals surface area (Å²) in [5, 5.41) is 12.9. The van der Waals surface area contributed by atoms with Crippen molar-refractivity contribution in [1.29, 1.82) is 0 Å². The number of aliphatic hydroxyl groups is 1. The van der Waals surface area contributed by atoms with E-state index in [2.05, 4.69) is 11.8 Å². The van der Waals surface area contributed by atoms with Crippen LogP contribution in [0.5, 0.6) is 11.5 Å². The molecule has 1 N–H and O–H groups in total. The number of hydrogen-bond donors (Lipinski definition) is 1. The number of carbonyl (C=O) groups is 2. The van der Waals surface area contributed by atoms with Crippen LogP contribution in [0.1, 0.15) is 87.5 Å². The zero-order valence-corrected chi connectivity index (χ0v) is 27.0. The van der Waals surface area contributed by atoms with E-state index in [0.29, 0.717) is 49.6 Å². The molecule has 252 valence electrons. The summed E-state index contributed by atoms with van der Waals surface area (Å²) in [6.07, 6.45) is 5.11. The molecule has 7 rings (SSSR count). The number of rotatable bonds is 10. The lowest BCUT2D eigenvalue weighted by Gasteiger charge is -2.65. The normalized spacial score (nSPS) is 29.4. The van der Waals surface area contributed by atoms with Crippen molar-refractivity contribution in [3.63, 3.8) is 0 Å². The van der Waals surface area contributed by atoms with Crippen LogP contribution in [-0.2, 0) is 27.6 Å². The number of amides is 1. The summed E-state index contributed by atoms with van der Waals surface area (Å²) >= 11 is 0. The maximum Gasteiger partial charge on any atom is 0.416 e. The molecule has 2 bridgehead atoms. The number of ether oxygens (including phenoxy) is 2. The van der Waals surface area contributed by atoms with Gasteiger partial charge < -0.3 is 19.5 Å². The standard InChI is InChI=1S/C37H43F3N2O5/c1-3-4-5-18-42(31(44)14-11-24-7-6-8-27(20-24)37(38,39)40)28-15-16-36(45)30-21-26-12-13-29(46-23(2)43)33-32(26)35(36,34(28)47-33)17-19-41(30)22-25-9-10-25/h6-8,11-14,20,25,28,30,34,45H,3-5,9-10,15-19,21-22H2,1-2H3/t28-,30-,34+,35+,36-/m1/s1. The highest BCUT2D eigenvalue weighted by atomic mass is 19.4. The summed E-state index contributed by atoms with van der Waals surface area (Å²) < 4.78 is 52.6. The third kappa shape index (κ3) is 5.45. The molecule has 1 saturated heterocycles. The number of esters is 1. The van der Waals surface area contributed by atoms with E-state index in [1.54, 1.807) is 12.1 Å². The average molecular weight is 653 g/mol. The van der Waals surface area contributed by atoms with E-state index in [9.17, 15) is 27.9 Å². The quantitative estimate of drug-likeness (QED) is 0.141. The van der Waals surface area contributed by atoms with Crippen molar-refractivity contribution in [3.8, 4) is 11.5 Å². The second-order valence-corrected chi connectivity index (χ2v) is 14.2. The van der Waals surface area contributed by atoms with Crippen molar-refractivity contribution in [1.82, 2.24) is 9.80 Å². The number of nitrogens with zero attached hydrogens (tertiary/aromatic N) is 2. The number of unbranched alkanes of at least 4 members (excludes halogenated alkanes) is 2. The van der Waals surface area contributed by atoms with Gasteiger partial charge in [-0.2, -0.15) is 13.2 Å². The molecule has 0 aromatic heterocycles. The molecule has 47 heavy (non-hydrogen) atoms. The molecule has 1 amide bonds. The van der Waals surface area contributed by atoms with Crippen LogP contribution in [-0.4, -0.2) is 70.2 Å². The summed E-state index contributed by atoms with van der Waals surface area (Å²) in [7, 11) is 0. The van der Waals surface area contributed by atoms with Crippen LogP contribution in [0.4, 0.5) is 13.2 Å². The lowest BCUT2D eigenvalue weighted by atomic mass is 9.48. The fraction of sp³-hybridized carbons (Fsp3) is 0.568. The molecule has 7 nitrogen and oxygen atoms in total. The van der Waals surface area contributed by atoms with E-state index in [1.807, 2.05) is 11.0 Å². The van der Waals surface area contributed by atoms with Crippen LogP contribution in [0.25, 0.3) is 6.08 Å². The summed E-state index contributed by atoms with van der Waals surface area (Å²) in [5.41, 5.74) is -0.377. The zero-order valence-electron chi connectivity index (χ0n) is 27.0. The molecule has 3 fully saturated rings. The number of alkyl halides is 3. The van der Waals surface area contributed by atoms with Crippen molar-refractivity contribution < 1.29 is 37.3 Å². The lowest BCUT2D eigenvalue weighted by Crippen LogP contribution is -2.78. The van der Waals surface area contributed by atoms with Gasteiger partial charge in [-0.1, -0.05) is 38.0 Å². The van der Waals surface area contributed by atoms with Gasteiger partial charge in [0.1, 0.15) is 6.10 Å². The van der Waals surface area contributed by atoms with Gasteiger partial charge in [-0.15, -0.1) is 0 Å². The maximum absolute atomic E-state index is 14.1. The van der Waals surface area contributed by atoms with Gasteiger partial charge in [-0.25, -0.2) is 0 Å². The number of benzene rings is 2. The number of piperidine rings is 1. The third-order valence-electron chi connectivity index (χ3n) is 11.3. The predicted octanol–water partition coefficient (Wildman–Crippen LogP) is 6.30. The highest BCUT2D eigenvalue weighted by molar-refractivity contribution is 5.92. The Morgan fingerprint density at radius 1 is 1.15 bits per heavy atom. The maximum atomic E-state index is 14.1. The fourth-order valence-electron chi connectivity index (χ4n) is 9.05. The van der Waals surface area contributed by atoms with E-state index in [0.717, 1.165) is 55.6 Å². The van der Waals surface area contributed by atoms with Crippen molar-refractivity contribution in [3.05, 3.63) is 64.7 Å².